The molecule has 0 spiro atoms. The van der Waals surface area contributed by atoms with Gasteiger partial charge >= 0.3 is 0 Å². The highest BCUT2D eigenvalue weighted by Crippen LogP contribution is 2.30. The lowest BCUT2D eigenvalue weighted by Gasteiger charge is -1.98. The summed E-state index contributed by atoms with van der Waals surface area (Å²) in [6.07, 6.45) is 1.62. The summed E-state index contributed by atoms with van der Waals surface area (Å²) in [4.78, 5) is 8.35. The van der Waals surface area contributed by atoms with Crippen molar-refractivity contribution in [1.29, 1.82) is 0 Å². The lowest BCUT2D eigenvalue weighted by atomic mass is 10.2. The minimum Gasteiger partial charge on any atom is -0.504 e. The third-order valence-corrected chi connectivity index (χ3v) is 2.93. The molecule has 0 saturated heterocycles. The number of phenolic OH excluding ortho intramolecular Hbond substituents is 2. The molecule has 0 atom stereocenters. The molecule has 21 heavy (non-hydrogen) atoms. The van der Waals surface area contributed by atoms with Crippen LogP contribution in [0.2, 0.25) is 0 Å². The van der Waals surface area contributed by atoms with Crippen molar-refractivity contribution in [3.63, 3.8) is 0 Å². The normalized spacial score (nSPS) is 10.7. The van der Waals surface area contributed by atoms with E-state index in [9.17, 15) is 10.2 Å². The Labute approximate surface area is 119 Å². The van der Waals surface area contributed by atoms with Gasteiger partial charge in [-0.05, 0) is 30.3 Å². The second kappa shape index (κ2) is 5.22. The van der Waals surface area contributed by atoms with Gasteiger partial charge in [0.1, 0.15) is 0 Å². The number of pyridine rings is 1. The van der Waals surface area contributed by atoms with Crippen LogP contribution in [0.25, 0.3) is 22.8 Å². The predicted molar refractivity (Wildman–Crippen MR) is 74.2 cm³/mol. The Morgan fingerprint density at radius 3 is 2.67 bits per heavy atom. The van der Waals surface area contributed by atoms with Crippen LogP contribution in [0.1, 0.15) is 5.69 Å². The van der Waals surface area contributed by atoms with E-state index in [1.807, 2.05) is 0 Å². The second-order valence-corrected chi connectivity index (χ2v) is 4.37. The maximum absolute atomic E-state index is 9.50. The van der Waals surface area contributed by atoms with Crippen LogP contribution >= 0.6 is 0 Å². The molecule has 3 rings (SSSR count). The maximum Gasteiger partial charge on any atom is 0.258 e. The largest absolute Gasteiger partial charge is 0.504 e. The summed E-state index contributed by atoms with van der Waals surface area (Å²) in [5.41, 5.74) is 7.51. The molecular weight excluding hydrogens is 272 g/mol. The highest BCUT2D eigenvalue weighted by atomic mass is 16.5. The standard InChI is InChI=1S/C14H12N4O3/c15-7-10-5-9(3-4-16-10)14-17-13(18-21-14)8-1-2-11(19)12(20)6-8/h1-6,19-20H,7,15H2. The van der Waals surface area contributed by atoms with Gasteiger partial charge in [-0.25, -0.2) is 0 Å². The monoisotopic (exact) mass is 284 g/mol. The number of benzene rings is 1. The fourth-order valence-corrected chi connectivity index (χ4v) is 1.84. The van der Waals surface area contributed by atoms with Crippen molar-refractivity contribution in [2.24, 2.45) is 5.73 Å². The molecule has 2 aromatic heterocycles. The van der Waals surface area contributed by atoms with Crippen molar-refractivity contribution >= 4 is 0 Å². The molecule has 0 bridgehead atoms. The number of nitrogens with zero attached hydrogens (tertiary/aromatic N) is 3. The van der Waals surface area contributed by atoms with E-state index >= 15 is 0 Å². The lowest BCUT2D eigenvalue weighted by Crippen LogP contribution is -1.98. The molecule has 0 amide bonds. The molecule has 0 aliphatic carbocycles. The van der Waals surface area contributed by atoms with Crippen molar-refractivity contribution in [3.05, 3.63) is 42.2 Å². The van der Waals surface area contributed by atoms with Gasteiger partial charge in [-0.3, -0.25) is 4.98 Å². The van der Waals surface area contributed by atoms with Gasteiger partial charge in [0, 0.05) is 23.9 Å². The van der Waals surface area contributed by atoms with Crippen molar-refractivity contribution in [1.82, 2.24) is 15.1 Å². The number of aromatic nitrogens is 3. The molecule has 3 aromatic rings. The molecule has 0 unspecified atom stereocenters. The summed E-state index contributed by atoms with van der Waals surface area (Å²) in [7, 11) is 0. The average molecular weight is 284 g/mol. The van der Waals surface area contributed by atoms with E-state index in [1.165, 1.54) is 12.1 Å². The van der Waals surface area contributed by atoms with Crippen LogP contribution in [0, 0.1) is 0 Å². The third-order valence-electron chi connectivity index (χ3n) is 2.93. The lowest BCUT2D eigenvalue weighted by molar-refractivity contribution is 0.404. The van der Waals surface area contributed by atoms with Crippen molar-refractivity contribution in [2.45, 2.75) is 6.54 Å². The molecule has 0 radical (unpaired) electrons. The van der Waals surface area contributed by atoms with Crippen LogP contribution in [0.3, 0.4) is 0 Å². The van der Waals surface area contributed by atoms with Crippen molar-refractivity contribution in [3.8, 4) is 34.3 Å². The van der Waals surface area contributed by atoms with Gasteiger partial charge in [-0.2, -0.15) is 4.98 Å². The van der Waals surface area contributed by atoms with Crippen LogP contribution in [-0.2, 0) is 6.54 Å². The Hall–Kier alpha value is -2.93. The molecule has 7 heteroatoms. The highest BCUT2D eigenvalue weighted by Gasteiger charge is 2.12. The molecule has 106 valence electrons. The maximum atomic E-state index is 9.50. The number of rotatable bonds is 3. The van der Waals surface area contributed by atoms with E-state index in [4.69, 9.17) is 10.3 Å². The fourth-order valence-electron chi connectivity index (χ4n) is 1.84. The van der Waals surface area contributed by atoms with Gasteiger partial charge in [0.15, 0.2) is 11.5 Å². The number of hydrogen-bond acceptors (Lipinski definition) is 7. The molecule has 4 N–H and O–H groups in total. The zero-order valence-electron chi connectivity index (χ0n) is 10.9. The summed E-state index contributed by atoms with van der Waals surface area (Å²) in [5, 5.41) is 22.7. The molecule has 0 fully saturated rings. The van der Waals surface area contributed by atoms with Gasteiger partial charge < -0.3 is 20.5 Å². The summed E-state index contributed by atoms with van der Waals surface area (Å²) in [6, 6.07) is 7.82. The van der Waals surface area contributed by atoms with E-state index in [1.54, 1.807) is 24.4 Å². The SMILES string of the molecule is NCc1cc(-c2nc(-c3ccc(O)c(O)c3)no2)ccn1. The van der Waals surface area contributed by atoms with E-state index < -0.39 is 0 Å². The molecule has 0 aliphatic heterocycles. The van der Waals surface area contributed by atoms with Gasteiger partial charge in [-0.1, -0.05) is 5.16 Å². The van der Waals surface area contributed by atoms with Gasteiger partial charge in [0.05, 0.1) is 5.69 Å². The average Bonchev–Trinajstić information content (AvgIpc) is 3.00. The molecule has 0 aliphatic rings. The quantitative estimate of drug-likeness (QED) is 0.626. The number of aromatic hydroxyl groups is 2. The smallest absolute Gasteiger partial charge is 0.258 e. The van der Waals surface area contributed by atoms with Crippen LogP contribution < -0.4 is 5.73 Å². The first-order chi connectivity index (χ1) is 10.2. The first-order valence-electron chi connectivity index (χ1n) is 6.19. The fraction of sp³-hybridized carbons (Fsp3) is 0.0714. The topological polar surface area (TPSA) is 118 Å². The van der Waals surface area contributed by atoms with Gasteiger partial charge in [0.2, 0.25) is 5.82 Å². The van der Waals surface area contributed by atoms with Crippen LogP contribution in [-0.4, -0.2) is 25.3 Å². The Kier molecular flexibility index (Phi) is 3.25. The minimum atomic E-state index is -0.242. The van der Waals surface area contributed by atoms with Crippen LogP contribution in [0.15, 0.2) is 41.1 Å². The first kappa shape index (κ1) is 13.1. The zero-order chi connectivity index (χ0) is 14.8. The van der Waals surface area contributed by atoms with E-state index in [2.05, 4.69) is 15.1 Å². The van der Waals surface area contributed by atoms with Gasteiger partial charge in [-0.15, -0.1) is 0 Å². The van der Waals surface area contributed by atoms with Crippen LogP contribution in [0.4, 0.5) is 0 Å². The molecule has 7 nitrogen and oxygen atoms in total. The van der Waals surface area contributed by atoms with Crippen LogP contribution in [0.5, 0.6) is 11.5 Å². The zero-order valence-corrected chi connectivity index (χ0v) is 10.9. The number of phenols is 2. The number of nitrogens with two attached hydrogens (primary N) is 1. The van der Waals surface area contributed by atoms with E-state index in [0.29, 0.717) is 29.4 Å². The van der Waals surface area contributed by atoms with Crippen molar-refractivity contribution in [2.75, 3.05) is 0 Å². The van der Waals surface area contributed by atoms with Gasteiger partial charge in [0.25, 0.3) is 5.89 Å². The Balaban J connectivity index is 1.97. The summed E-state index contributed by atoms with van der Waals surface area (Å²) >= 11 is 0. The molecule has 0 saturated carbocycles. The number of hydrogen-bond donors (Lipinski definition) is 3. The van der Waals surface area contributed by atoms with E-state index in [0.717, 1.165) is 5.69 Å². The first-order valence-corrected chi connectivity index (χ1v) is 6.19. The Bertz CT molecular complexity index is 785. The molecular formula is C14H12N4O3. The predicted octanol–water partition coefficient (Wildman–Crippen LogP) is 1.67. The third kappa shape index (κ3) is 2.54. The molecule has 1 aromatic carbocycles. The summed E-state index contributed by atoms with van der Waals surface area (Å²) in [5.74, 6) is 0.193. The summed E-state index contributed by atoms with van der Waals surface area (Å²) < 4.78 is 5.20. The second-order valence-electron chi connectivity index (χ2n) is 4.37. The minimum absolute atomic E-state index is 0.204. The van der Waals surface area contributed by atoms with E-state index in [-0.39, 0.29) is 11.5 Å². The summed E-state index contributed by atoms with van der Waals surface area (Å²) in [6.45, 7) is 0.320. The Morgan fingerprint density at radius 2 is 1.90 bits per heavy atom. The Morgan fingerprint density at radius 1 is 1.05 bits per heavy atom. The molecule has 2 heterocycles. The van der Waals surface area contributed by atoms with Crippen molar-refractivity contribution < 1.29 is 14.7 Å². The highest BCUT2D eigenvalue weighted by molar-refractivity contribution is 5.62.